The molecule has 0 saturated heterocycles. The molecule has 0 radical (unpaired) electrons. The van der Waals surface area contributed by atoms with Crippen LogP contribution in [-0.2, 0) is 6.42 Å². The van der Waals surface area contributed by atoms with Gasteiger partial charge >= 0.3 is 0 Å². The van der Waals surface area contributed by atoms with E-state index in [1.54, 1.807) is 20.3 Å². The summed E-state index contributed by atoms with van der Waals surface area (Å²) in [6.45, 7) is 0.754. The molecule has 23 heavy (non-hydrogen) atoms. The quantitative estimate of drug-likeness (QED) is 0.805. The predicted molar refractivity (Wildman–Crippen MR) is 92.7 cm³/mol. The van der Waals surface area contributed by atoms with Crippen LogP contribution in [0.25, 0.3) is 0 Å². The van der Waals surface area contributed by atoms with Gasteiger partial charge in [0.25, 0.3) is 0 Å². The van der Waals surface area contributed by atoms with Crippen LogP contribution in [0.1, 0.15) is 11.1 Å². The number of nitrogens with zero attached hydrogens (tertiary/aromatic N) is 2. The van der Waals surface area contributed by atoms with Crippen molar-refractivity contribution < 1.29 is 9.47 Å². The fourth-order valence-electron chi connectivity index (χ4n) is 2.39. The molecule has 5 heteroatoms. The van der Waals surface area contributed by atoms with Crippen molar-refractivity contribution in [2.24, 2.45) is 0 Å². The SMILES string of the molecule is COc1ccc(CCN(C)c2cccc(Cl)c2C#N)cc1OC. The summed E-state index contributed by atoms with van der Waals surface area (Å²) in [5.74, 6) is 1.43. The highest BCUT2D eigenvalue weighted by Gasteiger charge is 2.11. The van der Waals surface area contributed by atoms with Gasteiger partial charge in [-0.2, -0.15) is 5.26 Å². The van der Waals surface area contributed by atoms with Crippen molar-refractivity contribution in [3.8, 4) is 17.6 Å². The van der Waals surface area contributed by atoms with Gasteiger partial charge < -0.3 is 14.4 Å². The Bertz CT molecular complexity index is 725. The first-order valence-electron chi connectivity index (χ1n) is 7.21. The zero-order valence-corrected chi connectivity index (χ0v) is 14.2. The molecule has 0 spiro atoms. The van der Waals surface area contributed by atoms with Crippen molar-refractivity contribution >= 4 is 17.3 Å². The lowest BCUT2D eigenvalue weighted by molar-refractivity contribution is 0.354. The lowest BCUT2D eigenvalue weighted by Crippen LogP contribution is -2.21. The van der Waals surface area contributed by atoms with Crippen molar-refractivity contribution in [2.45, 2.75) is 6.42 Å². The number of ether oxygens (including phenoxy) is 2. The Kier molecular flexibility index (Phi) is 5.72. The van der Waals surface area contributed by atoms with E-state index >= 15 is 0 Å². The van der Waals surface area contributed by atoms with Gasteiger partial charge in [0.1, 0.15) is 6.07 Å². The Balaban J connectivity index is 2.12. The Morgan fingerprint density at radius 3 is 2.52 bits per heavy atom. The fourth-order valence-corrected chi connectivity index (χ4v) is 2.61. The molecule has 2 rings (SSSR count). The summed E-state index contributed by atoms with van der Waals surface area (Å²) in [6, 6.07) is 13.5. The van der Waals surface area contributed by atoms with Gasteiger partial charge in [-0.25, -0.2) is 0 Å². The van der Waals surface area contributed by atoms with Crippen molar-refractivity contribution in [1.82, 2.24) is 0 Å². The van der Waals surface area contributed by atoms with Crippen molar-refractivity contribution in [3.63, 3.8) is 0 Å². The Morgan fingerprint density at radius 2 is 1.87 bits per heavy atom. The number of hydrogen-bond acceptors (Lipinski definition) is 4. The van der Waals surface area contributed by atoms with Crippen LogP contribution >= 0.6 is 11.6 Å². The fraction of sp³-hybridized carbons (Fsp3) is 0.278. The van der Waals surface area contributed by atoms with E-state index < -0.39 is 0 Å². The van der Waals surface area contributed by atoms with E-state index in [0.29, 0.717) is 22.1 Å². The van der Waals surface area contributed by atoms with Crippen LogP contribution in [0, 0.1) is 11.3 Å². The molecule has 2 aromatic rings. The van der Waals surface area contributed by atoms with Gasteiger partial charge in [0, 0.05) is 13.6 Å². The summed E-state index contributed by atoms with van der Waals surface area (Å²) in [7, 11) is 5.19. The highest BCUT2D eigenvalue weighted by molar-refractivity contribution is 6.32. The summed E-state index contributed by atoms with van der Waals surface area (Å²) >= 11 is 6.08. The average molecular weight is 331 g/mol. The van der Waals surface area contributed by atoms with E-state index in [-0.39, 0.29) is 0 Å². The first kappa shape index (κ1) is 17.0. The van der Waals surface area contributed by atoms with Crippen LogP contribution < -0.4 is 14.4 Å². The van der Waals surface area contributed by atoms with Gasteiger partial charge in [0.2, 0.25) is 0 Å². The summed E-state index contributed by atoms with van der Waals surface area (Å²) < 4.78 is 10.6. The topological polar surface area (TPSA) is 45.5 Å². The van der Waals surface area contributed by atoms with Gasteiger partial charge in [-0.05, 0) is 36.2 Å². The molecule has 0 unspecified atom stereocenters. The lowest BCUT2D eigenvalue weighted by Gasteiger charge is -2.21. The van der Waals surface area contributed by atoms with E-state index in [9.17, 15) is 5.26 Å². The zero-order valence-electron chi connectivity index (χ0n) is 13.5. The number of halogens is 1. The van der Waals surface area contributed by atoms with Gasteiger partial charge in [0.05, 0.1) is 30.5 Å². The molecule has 0 aliphatic rings. The van der Waals surface area contributed by atoms with Crippen molar-refractivity contribution in [2.75, 3.05) is 32.7 Å². The number of likely N-dealkylation sites (N-methyl/N-ethyl adjacent to an activating group) is 1. The van der Waals surface area contributed by atoms with Crippen molar-refractivity contribution in [3.05, 3.63) is 52.5 Å². The normalized spacial score (nSPS) is 10.0. The Labute approximate surface area is 141 Å². The molecular formula is C18H19ClN2O2. The molecule has 0 aliphatic heterocycles. The third kappa shape index (κ3) is 3.88. The average Bonchev–Trinajstić information content (AvgIpc) is 2.59. The third-order valence-corrected chi connectivity index (χ3v) is 4.01. The minimum absolute atomic E-state index is 0.475. The number of rotatable bonds is 6. The number of methoxy groups -OCH3 is 2. The van der Waals surface area contributed by atoms with E-state index in [0.717, 1.165) is 24.2 Å². The maximum absolute atomic E-state index is 9.27. The summed E-state index contributed by atoms with van der Waals surface area (Å²) in [5, 5.41) is 9.74. The lowest BCUT2D eigenvalue weighted by atomic mass is 10.1. The second-order valence-electron chi connectivity index (χ2n) is 5.11. The highest BCUT2D eigenvalue weighted by Crippen LogP contribution is 2.29. The molecule has 0 atom stereocenters. The minimum atomic E-state index is 0.475. The molecule has 0 aliphatic carbocycles. The molecule has 2 aromatic carbocycles. The van der Waals surface area contributed by atoms with Crippen LogP contribution in [0.5, 0.6) is 11.5 Å². The molecule has 0 amide bonds. The Hall–Kier alpha value is -2.38. The zero-order chi connectivity index (χ0) is 16.8. The smallest absolute Gasteiger partial charge is 0.160 e. The van der Waals surface area contributed by atoms with E-state index in [1.807, 2.05) is 42.3 Å². The van der Waals surface area contributed by atoms with Gasteiger partial charge in [-0.3, -0.25) is 0 Å². The molecule has 120 valence electrons. The molecule has 4 nitrogen and oxygen atoms in total. The molecule has 0 bridgehead atoms. The largest absolute Gasteiger partial charge is 0.493 e. The number of nitriles is 1. The first-order valence-corrected chi connectivity index (χ1v) is 7.59. The minimum Gasteiger partial charge on any atom is -0.493 e. The third-order valence-electron chi connectivity index (χ3n) is 3.70. The van der Waals surface area contributed by atoms with Crippen LogP contribution in [0.3, 0.4) is 0 Å². The standard InChI is InChI=1S/C18H19ClN2O2/c1-21(16-6-4-5-15(19)14(16)12-20)10-9-13-7-8-17(22-2)18(11-13)23-3/h4-8,11H,9-10H2,1-3H3. The second kappa shape index (κ2) is 7.75. The van der Waals surface area contributed by atoms with E-state index in [4.69, 9.17) is 21.1 Å². The van der Waals surface area contributed by atoms with Crippen LogP contribution in [0.4, 0.5) is 5.69 Å². The molecule has 0 N–H and O–H groups in total. The molecule has 0 fully saturated rings. The summed E-state index contributed by atoms with van der Waals surface area (Å²) in [6.07, 6.45) is 0.814. The number of benzene rings is 2. The molecular weight excluding hydrogens is 312 g/mol. The highest BCUT2D eigenvalue weighted by atomic mass is 35.5. The van der Waals surface area contributed by atoms with E-state index in [1.165, 1.54) is 0 Å². The van der Waals surface area contributed by atoms with Crippen molar-refractivity contribution in [1.29, 1.82) is 5.26 Å². The number of anilines is 1. The monoisotopic (exact) mass is 330 g/mol. The molecule has 0 heterocycles. The second-order valence-corrected chi connectivity index (χ2v) is 5.51. The van der Waals surface area contributed by atoms with Gasteiger partial charge in [-0.1, -0.05) is 23.7 Å². The molecule has 0 aromatic heterocycles. The summed E-state index contributed by atoms with van der Waals surface area (Å²) in [5.41, 5.74) is 2.47. The summed E-state index contributed by atoms with van der Waals surface area (Å²) in [4.78, 5) is 2.03. The van der Waals surface area contributed by atoms with E-state index in [2.05, 4.69) is 6.07 Å². The maximum atomic E-state index is 9.27. The van der Waals surface area contributed by atoms with Crippen LogP contribution in [0.15, 0.2) is 36.4 Å². The van der Waals surface area contributed by atoms with Gasteiger partial charge in [-0.15, -0.1) is 0 Å². The predicted octanol–water partition coefficient (Wildman–Crippen LogP) is 3.91. The maximum Gasteiger partial charge on any atom is 0.160 e. The van der Waals surface area contributed by atoms with Crippen LogP contribution in [-0.4, -0.2) is 27.8 Å². The van der Waals surface area contributed by atoms with Crippen LogP contribution in [0.2, 0.25) is 5.02 Å². The molecule has 0 saturated carbocycles. The Morgan fingerprint density at radius 1 is 1.13 bits per heavy atom. The first-order chi connectivity index (χ1) is 11.1. The van der Waals surface area contributed by atoms with Gasteiger partial charge in [0.15, 0.2) is 11.5 Å². The number of hydrogen-bond donors (Lipinski definition) is 0.